The molecule has 212 valence electrons. The van der Waals surface area contributed by atoms with Crippen molar-refractivity contribution in [3.8, 4) is 0 Å². The first-order valence-corrected chi connectivity index (χ1v) is 13.6. The summed E-state index contributed by atoms with van der Waals surface area (Å²) in [7, 11) is -4.65. The average molecular weight is 601 g/mol. The number of rotatable bonds is 9. The highest BCUT2D eigenvalue weighted by Gasteiger charge is 2.33. The molecule has 2 aromatic carbocycles. The van der Waals surface area contributed by atoms with E-state index in [-0.39, 0.29) is 34.8 Å². The number of hydrogen-bond donors (Lipinski definition) is 2. The fourth-order valence-electron chi connectivity index (χ4n) is 4.34. The Bertz CT molecular complexity index is 1760. The monoisotopic (exact) mass is 600 g/mol. The molecular formula is C27H24ClF4N3O4S. The summed E-state index contributed by atoms with van der Waals surface area (Å²) in [6.07, 6.45) is -7.33. The number of aliphatic hydroxyl groups is 1. The lowest BCUT2D eigenvalue weighted by molar-refractivity contribution is -0.138. The standard InChI is InChI=1S/C27H24ClF4N3O4S/c1-40(38,39)21-5-6-23(33-14-21)24(15-36)34-26(37)17-3-7-25-18(10-17)12-20(35(25)9-8-29)11-16-2-4-19(28)13-22(16)27(30,31)32/h2-7,10,12-14,24,36H,8-9,11,15H2,1H3,(H,34,37)/i1D3. The molecule has 4 aromatic rings. The summed E-state index contributed by atoms with van der Waals surface area (Å²) in [5.74, 6) is -0.668. The largest absolute Gasteiger partial charge is 0.416 e. The number of pyridine rings is 1. The van der Waals surface area contributed by atoms with Gasteiger partial charge in [-0.3, -0.25) is 9.78 Å². The number of fused-ring (bicyclic) bond motifs is 1. The van der Waals surface area contributed by atoms with Gasteiger partial charge in [-0.05, 0) is 54.1 Å². The van der Waals surface area contributed by atoms with Gasteiger partial charge in [0.05, 0.1) is 35.3 Å². The van der Waals surface area contributed by atoms with Gasteiger partial charge in [-0.2, -0.15) is 13.2 Å². The van der Waals surface area contributed by atoms with E-state index in [1.807, 2.05) is 0 Å². The molecule has 2 heterocycles. The van der Waals surface area contributed by atoms with Crippen LogP contribution in [0.15, 0.2) is 65.7 Å². The predicted molar refractivity (Wildman–Crippen MR) is 142 cm³/mol. The molecular weight excluding hydrogens is 574 g/mol. The number of nitrogens with zero attached hydrogens (tertiary/aromatic N) is 2. The topological polar surface area (TPSA) is 101 Å². The van der Waals surface area contributed by atoms with Crippen molar-refractivity contribution in [1.82, 2.24) is 14.9 Å². The zero-order valence-corrected chi connectivity index (χ0v) is 22.1. The average Bonchev–Trinajstić information content (AvgIpc) is 3.27. The third-order valence-corrected chi connectivity index (χ3v) is 7.32. The number of carbonyl (C=O) groups excluding carboxylic acids is 1. The molecule has 40 heavy (non-hydrogen) atoms. The van der Waals surface area contributed by atoms with Crippen LogP contribution in [0.3, 0.4) is 0 Å². The van der Waals surface area contributed by atoms with E-state index < -0.39 is 57.9 Å². The summed E-state index contributed by atoms with van der Waals surface area (Å²) in [5.41, 5.74) is 0.0551. The highest BCUT2D eigenvalue weighted by Crippen LogP contribution is 2.35. The second-order valence-corrected chi connectivity index (χ2v) is 10.8. The van der Waals surface area contributed by atoms with Gasteiger partial charge in [0, 0.05) is 50.1 Å². The lowest BCUT2D eigenvalue weighted by Gasteiger charge is -2.16. The maximum atomic E-state index is 13.7. The molecule has 7 nitrogen and oxygen atoms in total. The first kappa shape index (κ1) is 25.5. The van der Waals surface area contributed by atoms with Crippen molar-refractivity contribution in [2.45, 2.75) is 30.1 Å². The molecule has 0 aliphatic carbocycles. The molecule has 1 unspecified atom stereocenters. The molecule has 2 N–H and O–H groups in total. The van der Waals surface area contributed by atoms with E-state index in [1.54, 1.807) is 6.07 Å². The summed E-state index contributed by atoms with van der Waals surface area (Å²) in [5, 5.41) is 12.8. The number of aromatic nitrogens is 2. The van der Waals surface area contributed by atoms with Crippen molar-refractivity contribution in [2.75, 3.05) is 19.5 Å². The summed E-state index contributed by atoms with van der Waals surface area (Å²) in [4.78, 5) is 16.4. The zero-order valence-electron chi connectivity index (χ0n) is 23.5. The van der Waals surface area contributed by atoms with Crippen molar-refractivity contribution < 1.29 is 40.0 Å². The zero-order chi connectivity index (χ0) is 31.7. The molecule has 13 heteroatoms. The number of halogens is 5. The Balaban J connectivity index is 1.61. The molecule has 0 radical (unpaired) electrons. The van der Waals surface area contributed by atoms with Crippen LogP contribution in [0.4, 0.5) is 17.6 Å². The number of amides is 1. The van der Waals surface area contributed by atoms with Gasteiger partial charge in [0.2, 0.25) is 0 Å². The van der Waals surface area contributed by atoms with E-state index in [0.717, 1.165) is 24.4 Å². The van der Waals surface area contributed by atoms with E-state index in [2.05, 4.69) is 10.3 Å². The summed E-state index contributed by atoms with van der Waals surface area (Å²) in [6, 6.07) is 10.5. The van der Waals surface area contributed by atoms with Crippen LogP contribution in [0.2, 0.25) is 5.02 Å². The summed E-state index contributed by atoms with van der Waals surface area (Å²) < 4.78 is 102. The van der Waals surface area contributed by atoms with Gasteiger partial charge in [-0.25, -0.2) is 12.8 Å². The third-order valence-electron chi connectivity index (χ3n) is 6.22. The molecule has 2 aromatic heterocycles. The van der Waals surface area contributed by atoms with Gasteiger partial charge < -0.3 is 15.0 Å². The lowest BCUT2D eigenvalue weighted by atomic mass is 10.0. The van der Waals surface area contributed by atoms with Gasteiger partial charge in [0.1, 0.15) is 6.67 Å². The van der Waals surface area contributed by atoms with Crippen LogP contribution in [0.5, 0.6) is 0 Å². The van der Waals surface area contributed by atoms with Crippen LogP contribution in [0.25, 0.3) is 10.9 Å². The Morgan fingerprint density at radius 2 is 1.95 bits per heavy atom. The van der Waals surface area contributed by atoms with E-state index in [9.17, 15) is 35.9 Å². The fraction of sp³-hybridized carbons (Fsp3) is 0.259. The molecule has 1 atom stereocenters. The van der Waals surface area contributed by atoms with Gasteiger partial charge >= 0.3 is 6.18 Å². The van der Waals surface area contributed by atoms with E-state index in [0.29, 0.717) is 16.6 Å². The van der Waals surface area contributed by atoms with Gasteiger partial charge in [-0.15, -0.1) is 0 Å². The molecule has 0 saturated carbocycles. The van der Waals surface area contributed by atoms with Crippen LogP contribution in [0, 0.1) is 0 Å². The molecule has 0 aliphatic heterocycles. The van der Waals surface area contributed by atoms with Crippen molar-refractivity contribution in [2.24, 2.45) is 0 Å². The van der Waals surface area contributed by atoms with E-state index >= 15 is 0 Å². The molecule has 4 rings (SSSR count). The summed E-state index contributed by atoms with van der Waals surface area (Å²) in [6.45, 7) is -1.56. The Morgan fingerprint density at radius 3 is 2.58 bits per heavy atom. The van der Waals surface area contributed by atoms with E-state index in [1.165, 1.54) is 34.9 Å². The van der Waals surface area contributed by atoms with Crippen molar-refractivity contribution >= 4 is 38.2 Å². The number of sulfone groups is 1. The highest BCUT2D eigenvalue weighted by atomic mass is 35.5. The minimum absolute atomic E-state index is 0.0567. The lowest BCUT2D eigenvalue weighted by Crippen LogP contribution is -2.31. The van der Waals surface area contributed by atoms with Gasteiger partial charge in [0.25, 0.3) is 5.91 Å². The second kappa shape index (κ2) is 11.6. The molecule has 1 amide bonds. The Hall–Kier alpha value is -3.48. The number of alkyl halides is 4. The summed E-state index contributed by atoms with van der Waals surface area (Å²) >= 11 is 5.79. The van der Waals surface area contributed by atoms with E-state index in [4.69, 9.17) is 15.7 Å². The maximum absolute atomic E-state index is 13.7. The normalized spacial score (nSPS) is 14.4. The molecule has 0 bridgehead atoms. The smallest absolute Gasteiger partial charge is 0.394 e. The van der Waals surface area contributed by atoms with Crippen LogP contribution < -0.4 is 5.32 Å². The quantitative estimate of drug-likeness (QED) is 0.259. The van der Waals surface area contributed by atoms with Crippen LogP contribution in [-0.2, 0) is 29.0 Å². The Kier molecular flexibility index (Phi) is 7.36. The minimum atomic E-state index is -4.66. The van der Waals surface area contributed by atoms with Crippen LogP contribution in [0.1, 0.15) is 43.0 Å². The van der Waals surface area contributed by atoms with Crippen LogP contribution >= 0.6 is 11.6 Å². The second-order valence-electron chi connectivity index (χ2n) is 8.86. The number of hydrogen-bond acceptors (Lipinski definition) is 5. The first-order valence-electron chi connectivity index (χ1n) is 13.2. The van der Waals surface area contributed by atoms with Crippen molar-refractivity contribution in [1.29, 1.82) is 0 Å². The van der Waals surface area contributed by atoms with Crippen molar-refractivity contribution in [3.05, 3.63) is 93.9 Å². The predicted octanol–water partition coefficient (Wildman–Crippen LogP) is 5.14. The molecule has 0 saturated heterocycles. The number of carbonyl (C=O) groups is 1. The van der Waals surface area contributed by atoms with Gasteiger partial charge in [-0.1, -0.05) is 17.7 Å². The minimum Gasteiger partial charge on any atom is -0.394 e. The highest BCUT2D eigenvalue weighted by molar-refractivity contribution is 7.90. The maximum Gasteiger partial charge on any atom is 0.416 e. The van der Waals surface area contributed by atoms with Gasteiger partial charge in [0.15, 0.2) is 9.84 Å². The third kappa shape index (κ3) is 6.45. The molecule has 0 spiro atoms. The number of benzene rings is 2. The Morgan fingerprint density at radius 1 is 1.18 bits per heavy atom. The number of aryl methyl sites for hydroxylation is 1. The Labute approximate surface area is 236 Å². The number of aliphatic hydroxyl groups excluding tert-OH is 1. The number of nitrogens with one attached hydrogen (secondary N) is 1. The molecule has 0 aliphatic rings. The molecule has 0 fully saturated rings. The fourth-order valence-corrected chi connectivity index (χ4v) is 4.95. The SMILES string of the molecule is [2H]C([2H])([2H])S(=O)(=O)c1ccc(C(CO)NC(=O)c2ccc3c(c2)cc(Cc2ccc(Cl)cc2C(F)(F)F)n3CCF)nc1. The van der Waals surface area contributed by atoms with Crippen LogP contribution in [-0.4, -0.2) is 48.4 Å². The first-order chi connectivity index (χ1) is 20.1. The van der Waals surface area contributed by atoms with Crippen molar-refractivity contribution in [3.63, 3.8) is 0 Å².